The molecule has 1 fully saturated rings. The van der Waals surface area contributed by atoms with E-state index < -0.39 is 10.8 Å². The topological polar surface area (TPSA) is 38.3 Å². The highest BCUT2D eigenvalue weighted by Gasteiger charge is 2.26. The number of rotatable bonds is 2. The molecule has 3 nitrogen and oxygen atoms in total. The number of ether oxygens (including phenoxy) is 1. The first-order chi connectivity index (χ1) is 8.11. The second-order valence-electron chi connectivity index (χ2n) is 4.56. The first kappa shape index (κ1) is 12.6. The maximum Gasteiger partial charge on any atom is 0.123 e. The minimum atomic E-state index is -0.750. The van der Waals surface area contributed by atoms with Crippen molar-refractivity contribution in [1.29, 1.82) is 0 Å². The van der Waals surface area contributed by atoms with E-state index in [-0.39, 0.29) is 11.3 Å². The molecule has 1 aromatic carbocycles. The van der Waals surface area contributed by atoms with Crippen LogP contribution in [0.25, 0.3) is 0 Å². The number of hydrogen-bond acceptors (Lipinski definition) is 3. The summed E-state index contributed by atoms with van der Waals surface area (Å²) in [5.74, 6) is 1.54. The van der Waals surface area contributed by atoms with E-state index in [0.717, 1.165) is 17.9 Å². The van der Waals surface area contributed by atoms with Crippen molar-refractivity contribution in [2.75, 3.05) is 19.4 Å². The van der Waals surface area contributed by atoms with E-state index in [4.69, 9.17) is 4.74 Å². The van der Waals surface area contributed by atoms with Gasteiger partial charge >= 0.3 is 0 Å². The summed E-state index contributed by atoms with van der Waals surface area (Å²) in [5, 5.41) is 3.68. The molecule has 1 saturated heterocycles. The number of hydrogen-bond donors (Lipinski definition) is 1. The Kier molecular flexibility index (Phi) is 3.84. The van der Waals surface area contributed by atoms with E-state index in [9.17, 15) is 4.21 Å². The van der Waals surface area contributed by atoms with Gasteiger partial charge in [-0.3, -0.25) is 4.21 Å². The van der Waals surface area contributed by atoms with Gasteiger partial charge in [0.1, 0.15) is 5.75 Å². The Morgan fingerprint density at radius 1 is 1.47 bits per heavy atom. The Bertz CT molecular complexity index is 433. The van der Waals surface area contributed by atoms with Crippen LogP contribution in [0.2, 0.25) is 0 Å². The van der Waals surface area contributed by atoms with Crippen molar-refractivity contribution in [3.63, 3.8) is 0 Å². The molecule has 0 saturated carbocycles. The predicted octanol–water partition coefficient (Wildman–Crippen LogP) is 1.79. The van der Waals surface area contributed by atoms with E-state index in [0.29, 0.717) is 5.75 Å². The first-order valence-electron chi connectivity index (χ1n) is 5.87. The van der Waals surface area contributed by atoms with Crippen molar-refractivity contribution in [3.8, 4) is 5.75 Å². The summed E-state index contributed by atoms with van der Waals surface area (Å²) in [7, 11) is 0.927. The minimum Gasteiger partial charge on any atom is -0.496 e. The number of methoxy groups -OCH3 is 1. The van der Waals surface area contributed by atoms with Gasteiger partial charge in [0.2, 0.25) is 0 Å². The molecule has 4 heteroatoms. The van der Waals surface area contributed by atoms with Gasteiger partial charge in [-0.1, -0.05) is 17.7 Å². The van der Waals surface area contributed by atoms with Crippen LogP contribution in [0, 0.1) is 6.92 Å². The monoisotopic (exact) mass is 253 g/mol. The third-order valence-corrected chi connectivity index (χ3v) is 4.92. The molecule has 2 rings (SSSR count). The van der Waals surface area contributed by atoms with E-state index in [2.05, 4.69) is 18.3 Å². The second kappa shape index (κ2) is 5.19. The fourth-order valence-electron chi connectivity index (χ4n) is 2.11. The van der Waals surface area contributed by atoms with Crippen molar-refractivity contribution in [2.24, 2.45) is 0 Å². The normalized spacial score (nSPS) is 29.0. The van der Waals surface area contributed by atoms with Gasteiger partial charge in [-0.2, -0.15) is 0 Å². The molecule has 17 heavy (non-hydrogen) atoms. The number of nitrogens with one attached hydrogen (secondary N) is 1. The molecule has 1 aliphatic rings. The van der Waals surface area contributed by atoms with Crippen LogP contribution in [0.4, 0.5) is 0 Å². The van der Waals surface area contributed by atoms with Crippen LogP contribution in [0.1, 0.15) is 24.1 Å². The molecule has 94 valence electrons. The zero-order valence-corrected chi connectivity index (χ0v) is 11.3. The molecule has 0 bridgehead atoms. The lowest BCUT2D eigenvalue weighted by atomic mass is 10.0. The smallest absolute Gasteiger partial charge is 0.123 e. The van der Waals surface area contributed by atoms with Crippen molar-refractivity contribution < 1.29 is 8.95 Å². The molecule has 1 aromatic rings. The number of aryl methyl sites for hydroxylation is 1. The summed E-state index contributed by atoms with van der Waals surface area (Å²) in [4.78, 5) is 0. The summed E-state index contributed by atoms with van der Waals surface area (Å²) >= 11 is 0. The number of benzene rings is 1. The Labute approximate surface area is 105 Å². The van der Waals surface area contributed by atoms with Gasteiger partial charge in [0.15, 0.2) is 0 Å². The fraction of sp³-hybridized carbons (Fsp3) is 0.538. The minimum absolute atomic E-state index is 0.141. The predicted molar refractivity (Wildman–Crippen MR) is 70.9 cm³/mol. The van der Waals surface area contributed by atoms with E-state index in [1.807, 2.05) is 19.1 Å². The highest BCUT2D eigenvalue weighted by atomic mass is 32.2. The molecule has 0 aliphatic carbocycles. The van der Waals surface area contributed by atoms with Crippen LogP contribution in [-0.2, 0) is 10.8 Å². The van der Waals surface area contributed by atoms with Crippen molar-refractivity contribution in [2.45, 2.75) is 25.1 Å². The Balaban J connectivity index is 2.27. The van der Waals surface area contributed by atoms with Gasteiger partial charge in [-0.05, 0) is 19.9 Å². The molecule has 0 aromatic heterocycles. The van der Waals surface area contributed by atoms with Gasteiger partial charge in [-0.15, -0.1) is 0 Å². The van der Waals surface area contributed by atoms with Crippen LogP contribution in [0.3, 0.4) is 0 Å². The average Bonchev–Trinajstić information content (AvgIpc) is 2.32. The highest BCUT2D eigenvalue weighted by Crippen LogP contribution is 2.29. The van der Waals surface area contributed by atoms with Crippen molar-refractivity contribution in [1.82, 2.24) is 5.32 Å². The Hall–Kier alpha value is -0.870. The summed E-state index contributed by atoms with van der Waals surface area (Å²) in [6.45, 7) is 4.88. The lowest BCUT2D eigenvalue weighted by Crippen LogP contribution is -2.41. The zero-order valence-electron chi connectivity index (χ0n) is 10.5. The van der Waals surface area contributed by atoms with E-state index in [1.54, 1.807) is 7.11 Å². The van der Waals surface area contributed by atoms with Gasteiger partial charge in [0.25, 0.3) is 0 Å². The van der Waals surface area contributed by atoms with Gasteiger partial charge < -0.3 is 10.1 Å². The molecule has 1 heterocycles. The van der Waals surface area contributed by atoms with E-state index >= 15 is 0 Å². The largest absolute Gasteiger partial charge is 0.496 e. The fourth-order valence-corrected chi connectivity index (χ4v) is 3.35. The van der Waals surface area contributed by atoms with Gasteiger partial charge in [0, 0.05) is 40.0 Å². The van der Waals surface area contributed by atoms with E-state index in [1.165, 1.54) is 5.56 Å². The first-order valence-corrected chi connectivity index (χ1v) is 7.25. The summed E-state index contributed by atoms with van der Waals surface area (Å²) in [5.41, 5.74) is 2.32. The lowest BCUT2D eigenvalue weighted by Gasteiger charge is -2.28. The van der Waals surface area contributed by atoms with Crippen LogP contribution in [0.15, 0.2) is 18.2 Å². The molecular formula is C13H19NO2S. The maximum atomic E-state index is 11.9. The lowest BCUT2D eigenvalue weighted by molar-refractivity contribution is 0.400. The summed E-state index contributed by atoms with van der Waals surface area (Å²) in [6.07, 6.45) is 0. The van der Waals surface area contributed by atoms with Gasteiger partial charge in [-0.25, -0.2) is 0 Å². The molecule has 3 unspecified atom stereocenters. The Morgan fingerprint density at radius 2 is 2.24 bits per heavy atom. The van der Waals surface area contributed by atoms with Crippen molar-refractivity contribution >= 4 is 10.8 Å². The standard InChI is InChI=1S/C13H19NO2S/c1-9-4-5-13(16-3)11(6-9)12-8-17(15)10(2)7-14-12/h4-6,10,12,14H,7-8H2,1-3H3. The van der Waals surface area contributed by atoms with Crippen LogP contribution >= 0.6 is 0 Å². The van der Waals surface area contributed by atoms with Crippen LogP contribution in [0.5, 0.6) is 5.75 Å². The second-order valence-corrected chi connectivity index (χ2v) is 6.46. The van der Waals surface area contributed by atoms with Crippen LogP contribution in [-0.4, -0.2) is 28.9 Å². The molecule has 0 radical (unpaired) electrons. The summed E-state index contributed by atoms with van der Waals surface area (Å²) in [6, 6.07) is 6.27. The molecule has 0 spiro atoms. The molecule has 0 amide bonds. The third-order valence-electron chi connectivity index (χ3n) is 3.19. The SMILES string of the molecule is COc1ccc(C)cc1C1CS(=O)C(C)CN1. The molecule has 3 atom stereocenters. The zero-order chi connectivity index (χ0) is 12.4. The molecule has 1 N–H and O–H groups in total. The quantitative estimate of drug-likeness (QED) is 0.873. The average molecular weight is 253 g/mol. The van der Waals surface area contributed by atoms with Crippen molar-refractivity contribution in [3.05, 3.63) is 29.3 Å². The molecule has 1 aliphatic heterocycles. The Morgan fingerprint density at radius 3 is 2.88 bits per heavy atom. The van der Waals surface area contributed by atoms with Gasteiger partial charge in [0.05, 0.1) is 7.11 Å². The third kappa shape index (κ3) is 2.69. The highest BCUT2D eigenvalue weighted by molar-refractivity contribution is 7.85. The summed E-state index contributed by atoms with van der Waals surface area (Å²) < 4.78 is 17.3. The maximum absolute atomic E-state index is 11.9. The molecular weight excluding hydrogens is 234 g/mol. The van der Waals surface area contributed by atoms with Crippen LogP contribution < -0.4 is 10.1 Å².